The number of carbonyl (C=O) groups is 4. The van der Waals surface area contributed by atoms with Crippen LogP contribution in [0.4, 0.5) is 0 Å². The van der Waals surface area contributed by atoms with E-state index in [1.165, 1.54) is 0 Å². The first-order valence-electron chi connectivity index (χ1n) is 8.57. The first-order valence-corrected chi connectivity index (χ1v) is 9.20. The fourth-order valence-electron chi connectivity index (χ4n) is 2.10. The number of thiol groups is 1. The summed E-state index contributed by atoms with van der Waals surface area (Å²) in [4.78, 5) is 47.8. The lowest BCUT2D eigenvalue weighted by atomic mass is 10.00. The van der Waals surface area contributed by atoms with Gasteiger partial charge in [-0.05, 0) is 11.8 Å². The molecule has 0 bridgehead atoms. The predicted molar refractivity (Wildman–Crippen MR) is 102 cm³/mol. The molecule has 27 heavy (non-hydrogen) atoms. The van der Waals surface area contributed by atoms with Crippen LogP contribution < -0.4 is 21.7 Å². The normalized spacial score (nSPS) is 15.6. The highest BCUT2D eigenvalue weighted by Gasteiger charge is 2.32. The highest BCUT2D eigenvalue weighted by molar-refractivity contribution is 7.80. The second kappa shape index (κ2) is 11.8. The Hall–Kier alpha value is -1.85. The SMILES string of the molecule is CC(C)C(NC(=O)C(NC(=O)C(CO)NC(=O)C(N)CS)C(C)C)C(=O)O. The summed E-state index contributed by atoms with van der Waals surface area (Å²) in [5.41, 5.74) is 5.51. The Morgan fingerprint density at radius 3 is 1.74 bits per heavy atom. The van der Waals surface area contributed by atoms with Crippen LogP contribution >= 0.6 is 12.6 Å². The van der Waals surface area contributed by atoms with E-state index >= 15 is 0 Å². The summed E-state index contributed by atoms with van der Waals surface area (Å²) in [5, 5.41) is 25.7. The van der Waals surface area contributed by atoms with Gasteiger partial charge in [0.2, 0.25) is 17.7 Å². The van der Waals surface area contributed by atoms with Crippen molar-refractivity contribution in [1.29, 1.82) is 0 Å². The molecule has 0 aliphatic carbocycles. The molecule has 11 heteroatoms. The summed E-state index contributed by atoms with van der Waals surface area (Å²) < 4.78 is 0. The van der Waals surface area contributed by atoms with Crippen LogP contribution in [-0.4, -0.2) is 70.4 Å². The number of hydrogen-bond donors (Lipinski definition) is 7. The molecule has 0 aromatic rings. The maximum atomic E-state index is 12.5. The molecule has 0 saturated carbocycles. The Balaban J connectivity index is 5.16. The smallest absolute Gasteiger partial charge is 0.326 e. The van der Waals surface area contributed by atoms with Crippen molar-refractivity contribution >= 4 is 36.3 Å². The molecule has 0 radical (unpaired) electrons. The van der Waals surface area contributed by atoms with Crippen LogP contribution in [0.15, 0.2) is 0 Å². The Morgan fingerprint density at radius 2 is 1.37 bits per heavy atom. The number of aliphatic hydroxyl groups is 1. The quantitative estimate of drug-likeness (QED) is 0.196. The maximum absolute atomic E-state index is 12.5. The second-order valence-corrected chi connectivity index (χ2v) is 7.20. The zero-order valence-corrected chi connectivity index (χ0v) is 16.8. The van der Waals surface area contributed by atoms with Gasteiger partial charge in [-0.15, -0.1) is 0 Å². The van der Waals surface area contributed by atoms with Crippen LogP contribution in [0.2, 0.25) is 0 Å². The average molecular weight is 407 g/mol. The van der Waals surface area contributed by atoms with E-state index in [0.717, 1.165) is 0 Å². The van der Waals surface area contributed by atoms with E-state index in [-0.39, 0.29) is 17.6 Å². The minimum Gasteiger partial charge on any atom is -0.480 e. The minimum atomic E-state index is -1.31. The van der Waals surface area contributed by atoms with Crippen molar-refractivity contribution in [3.8, 4) is 0 Å². The highest BCUT2D eigenvalue weighted by Crippen LogP contribution is 2.07. The number of rotatable bonds is 11. The number of aliphatic hydroxyl groups excluding tert-OH is 1. The topological polar surface area (TPSA) is 171 Å². The number of carboxylic acids is 1. The standard InChI is InChI=1S/C16H30N4O6S/c1-7(2)11(15(24)20-12(8(3)4)16(25)26)19-14(23)10(5-21)18-13(22)9(17)6-27/h7-12,21,27H,5-6,17H2,1-4H3,(H,18,22)(H,19,23)(H,20,24)(H,25,26). The molecule has 4 unspecified atom stereocenters. The van der Waals surface area contributed by atoms with Crippen molar-refractivity contribution in [1.82, 2.24) is 16.0 Å². The molecule has 4 atom stereocenters. The number of hydrogen-bond acceptors (Lipinski definition) is 7. The van der Waals surface area contributed by atoms with Crippen molar-refractivity contribution in [2.24, 2.45) is 17.6 Å². The first kappa shape index (κ1) is 25.1. The fourth-order valence-corrected chi connectivity index (χ4v) is 2.27. The van der Waals surface area contributed by atoms with Crippen LogP contribution in [0.3, 0.4) is 0 Å². The lowest BCUT2D eigenvalue weighted by Gasteiger charge is -2.27. The van der Waals surface area contributed by atoms with Crippen LogP contribution in [0, 0.1) is 11.8 Å². The van der Waals surface area contributed by atoms with Gasteiger partial charge in [-0.25, -0.2) is 4.79 Å². The van der Waals surface area contributed by atoms with Crippen molar-refractivity contribution in [3.05, 3.63) is 0 Å². The number of nitrogens with one attached hydrogen (secondary N) is 3. The molecule has 0 aliphatic rings. The van der Waals surface area contributed by atoms with E-state index < -0.39 is 54.5 Å². The van der Waals surface area contributed by atoms with Gasteiger partial charge in [0.05, 0.1) is 12.6 Å². The summed E-state index contributed by atoms with van der Waals surface area (Å²) in [6.45, 7) is 5.92. The van der Waals surface area contributed by atoms with Gasteiger partial charge < -0.3 is 31.9 Å². The molecule has 0 aromatic carbocycles. The number of nitrogens with two attached hydrogens (primary N) is 1. The van der Waals surface area contributed by atoms with Gasteiger partial charge in [-0.2, -0.15) is 12.6 Å². The van der Waals surface area contributed by atoms with E-state index in [1.54, 1.807) is 27.7 Å². The molecule has 0 aliphatic heterocycles. The van der Waals surface area contributed by atoms with Gasteiger partial charge >= 0.3 is 5.97 Å². The van der Waals surface area contributed by atoms with Gasteiger partial charge in [0.15, 0.2) is 0 Å². The molecule has 156 valence electrons. The van der Waals surface area contributed by atoms with Crippen molar-refractivity contribution in [2.75, 3.05) is 12.4 Å². The molecular formula is C16H30N4O6S. The van der Waals surface area contributed by atoms with Gasteiger partial charge in [-0.3, -0.25) is 14.4 Å². The molecule has 0 heterocycles. The maximum Gasteiger partial charge on any atom is 0.326 e. The van der Waals surface area contributed by atoms with Gasteiger partial charge in [0.1, 0.15) is 18.1 Å². The zero-order chi connectivity index (χ0) is 21.3. The van der Waals surface area contributed by atoms with E-state index in [9.17, 15) is 29.4 Å². The summed E-state index contributed by atoms with van der Waals surface area (Å²) >= 11 is 3.88. The molecule has 0 saturated heterocycles. The molecule has 3 amide bonds. The van der Waals surface area contributed by atoms with E-state index in [4.69, 9.17) is 5.73 Å². The number of amides is 3. The number of carbonyl (C=O) groups excluding carboxylic acids is 3. The third kappa shape index (κ3) is 8.14. The fraction of sp³-hybridized carbons (Fsp3) is 0.750. The van der Waals surface area contributed by atoms with Crippen molar-refractivity contribution in [3.63, 3.8) is 0 Å². The Kier molecular flexibility index (Phi) is 11.0. The molecule has 0 fully saturated rings. The predicted octanol–water partition coefficient (Wildman–Crippen LogP) is -1.91. The molecule has 0 spiro atoms. The van der Waals surface area contributed by atoms with Crippen molar-refractivity contribution in [2.45, 2.75) is 51.9 Å². The van der Waals surface area contributed by atoms with Gasteiger partial charge in [-0.1, -0.05) is 27.7 Å². The Bertz CT molecular complexity index is 543. The van der Waals surface area contributed by atoms with Crippen LogP contribution in [0.25, 0.3) is 0 Å². The number of carboxylic acid groups (broad SMARTS) is 1. The number of aliphatic carboxylic acids is 1. The summed E-state index contributed by atoms with van der Waals surface area (Å²) in [6.07, 6.45) is 0. The van der Waals surface area contributed by atoms with Crippen LogP contribution in [0.5, 0.6) is 0 Å². The van der Waals surface area contributed by atoms with E-state index in [2.05, 4.69) is 28.6 Å². The first-order chi connectivity index (χ1) is 12.5. The summed E-state index contributed by atoms with van der Waals surface area (Å²) in [7, 11) is 0. The zero-order valence-electron chi connectivity index (χ0n) is 15.9. The van der Waals surface area contributed by atoms with Crippen LogP contribution in [-0.2, 0) is 19.2 Å². The van der Waals surface area contributed by atoms with Gasteiger partial charge in [0.25, 0.3) is 0 Å². The van der Waals surface area contributed by atoms with Crippen LogP contribution in [0.1, 0.15) is 27.7 Å². The lowest BCUT2D eigenvalue weighted by molar-refractivity contribution is -0.144. The molecule has 0 aromatic heterocycles. The molecular weight excluding hydrogens is 376 g/mol. The third-order valence-corrected chi connectivity index (χ3v) is 4.22. The molecule has 0 rings (SSSR count). The summed E-state index contributed by atoms with van der Waals surface area (Å²) in [5.74, 6) is -4.00. The molecule has 10 nitrogen and oxygen atoms in total. The second-order valence-electron chi connectivity index (χ2n) is 6.83. The average Bonchev–Trinajstić information content (AvgIpc) is 2.59. The lowest BCUT2D eigenvalue weighted by Crippen LogP contribution is -2.59. The van der Waals surface area contributed by atoms with E-state index in [1.807, 2.05) is 0 Å². The van der Waals surface area contributed by atoms with Gasteiger partial charge in [0, 0.05) is 5.75 Å². The highest BCUT2D eigenvalue weighted by atomic mass is 32.1. The minimum absolute atomic E-state index is 0.0500. The van der Waals surface area contributed by atoms with Crippen molar-refractivity contribution < 1.29 is 29.4 Å². The summed E-state index contributed by atoms with van der Waals surface area (Å²) in [6, 6.07) is -4.43. The third-order valence-electron chi connectivity index (χ3n) is 3.83. The molecule has 7 N–H and O–H groups in total. The Morgan fingerprint density at radius 1 is 0.889 bits per heavy atom. The monoisotopic (exact) mass is 406 g/mol. The van der Waals surface area contributed by atoms with E-state index in [0.29, 0.717) is 0 Å². The Labute approximate surface area is 164 Å². The largest absolute Gasteiger partial charge is 0.480 e.